The number of aliphatic hydroxyl groups is 2. The van der Waals surface area contributed by atoms with Crippen molar-refractivity contribution in [2.45, 2.75) is 405 Å². The largest absolute Gasteiger partial charge is 0.466 e. The summed E-state index contributed by atoms with van der Waals surface area (Å²) in [5, 5.41) is 23.4. The van der Waals surface area contributed by atoms with E-state index in [0.29, 0.717) is 25.9 Å². The van der Waals surface area contributed by atoms with Gasteiger partial charge in [-0.15, -0.1) is 0 Å². The molecule has 0 heterocycles. The van der Waals surface area contributed by atoms with Crippen LogP contribution in [0.4, 0.5) is 0 Å². The van der Waals surface area contributed by atoms with Crippen molar-refractivity contribution >= 4 is 11.9 Å². The summed E-state index contributed by atoms with van der Waals surface area (Å²) in [4.78, 5) is 24.5. The normalized spacial score (nSPS) is 12.7. The van der Waals surface area contributed by atoms with Gasteiger partial charge in [0.15, 0.2) is 0 Å². The van der Waals surface area contributed by atoms with Crippen LogP contribution >= 0.6 is 0 Å². The molecule has 466 valence electrons. The summed E-state index contributed by atoms with van der Waals surface area (Å²) in [6, 6.07) is -0.541. The van der Waals surface area contributed by atoms with Gasteiger partial charge in [0.25, 0.3) is 0 Å². The molecular weight excluding hydrogens is 971 g/mol. The summed E-state index contributed by atoms with van der Waals surface area (Å²) >= 11 is 0. The van der Waals surface area contributed by atoms with Crippen molar-refractivity contribution in [3.8, 4) is 0 Å². The van der Waals surface area contributed by atoms with E-state index < -0.39 is 12.1 Å². The number of hydrogen-bond acceptors (Lipinski definition) is 5. The van der Waals surface area contributed by atoms with E-state index in [1.807, 2.05) is 0 Å². The third-order valence-corrected chi connectivity index (χ3v) is 16.7. The third kappa shape index (κ3) is 65.1. The Hall–Kier alpha value is -1.92. The maximum atomic E-state index is 12.5. The zero-order valence-corrected chi connectivity index (χ0v) is 53.4. The highest BCUT2D eigenvalue weighted by atomic mass is 16.5. The monoisotopic (exact) mass is 1110 g/mol. The van der Waals surface area contributed by atoms with Gasteiger partial charge in [0.2, 0.25) is 5.91 Å². The lowest BCUT2D eigenvalue weighted by molar-refractivity contribution is -0.143. The van der Waals surface area contributed by atoms with Crippen LogP contribution in [0.2, 0.25) is 0 Å². The van der Waals surface area contributed by atoms with Crippen molar-refractivity contribution in [2.24, 2.45) is 0 Å². The number of esters is 1. The molecule has 0 aliphatic heterocycles. The van der Waals surface area contributed by atoms with E-state index in [0.717, 1.165) is 51.4 Å². The zero-order chi connectivity index (χ0) is 57.1. The summed E-state index contributed by atoms with van der Waals surface area (Å²) < 4.78 is 5.46. The first-order valence-corrected chi connectivity index (χ1v) is 35.7. The summed E-state index contributed by atoms with van der Waals surface area (Å²) in [5.74, 6) is -0.0262. The van der Waals surface area contributed by atoms with Crippen molar-refractivity contribution in [3.05, 3.63) is 36.5 Å². The summed E-state index contributed by atoms with van der Waals surface area (Å²) in [6.07, 6.45) is 87.7. The predicted octanol–water partition coefficient (Wildman–Crippen LogP) is 23.1. The van der Waals surface area contributed by atoms with E-state index in [2.05, 4.69) is 55.6 Å². The van der Waals surface area contributed by atoms with Crippen LogP contribution in [0.25, 0.3) is 0 Å². The van der Waals surface area contributed by atoms with Gasteiger partial charge in [-0.05, 0) is 77.0 Å². The van der Waals surface area contributed by atoms with Crippen LogP contribution < -0.4 is 5.32 Å². The molecule has 0 aromatic rings. The van der Waals surface area contributed by atoms with Crippen LogP contribution in [0.3, 0.4) is 0 Å². The van der Waals surface area contributed by atoms with Gasteiger partial charge in [-0.3, -0.25) is 9.59 Å². The molecule has 1 amide bonds. The maximum absolute atomic E-state index is 12.5. The van der Waals surface area contributed by atoms with Crippen molar-refractivity contribution in [1.82, 2.24) is 5.32 Å². The molecule has 79 heavy (non-hydrogen) atoms. The number of rotatable bonds is 67. The van der Waals surface area contributed by atoms with Crippen molar-refractivity contribution in [2.75, 3.05) is 13.2 Å². The Bertz CT molecular complexity index is 1280. The number of carbonyl (C=O) groups excluding carboxylic acids is 2. The van der Waals surface area contributed by atoms with Crippen molar-refractivity contribution in [1.29, 1.82) is 0 Å². The Morgan fingerprint density at radius 3 is 1.01 bits per heavy atom. The fourth-order valence-corrected chi connectivity index (χ4v) is 11.2. The molecule has 0 rings (SSSR count). The van der Waals surface area contributed by atoms with Crippen LogP contribution in [-0.2, 0) is 14.3 Å². The van der Waals surface area contributed by atoms with Crippen LogP contribution in [0, 0.1) is 0 Å². The van der Waals surface area contributed by atoms with E-state index in [1.165, 1.54) is 308 Å². The van der Waals surface area contributed by atoms with Gasteiger partial charge >= 0.3 is 5.97 Å². The quantitative estimate of drug-likeness (QED) is 0.0320. The van der Waals surface area contributed by atoms with Gasteiger partial charge in [-0.1, -0.05) is 339 Å². The van der Waals surface area contributed by atoms with E-state index >= 15 is 0 Å². The number of hydrogen-bond donors (Lipinski definition) is 3. The number of amides is 1. The van der Waals surface area contributed by atoms with Crippen LogP contribution in [0.15, 0.2) is 36.5 Å². The molecular formula is C73H139NO5. The highest BCUT2D eigenvalue weighted by Gasteiger charge is 2.20. The van der Waals surface area contributed by atoms with Gasteiger partial charge in [0.1, 0.15) is 0 Å². The minimum absolute atomic E-state index is 0.00332. The average molecular weight is 1110 g/mol. The highest BCUT2D eigenvalue weighted by molar-refractivity contribution is 5.76. The number of carbonyl (C=O) groups is 2. The Kier molecular flexibility index (Phi) is 66.9. The lowest BCUT2D eigenvalue weighted by atomic mass is 10.0. The molecule has 0 spiro atoms. The first kappa shape index (κ1) is 77.1. The van der Waals surface area contributed by atoms with Gasteiger partial charge in [0, 0.05) is 12.8 Å². The first-order chi connectivity index (χ1) is 39.0. The number of aliphatic hydroxyl groups excluding tert-OH is 2. The molecule has 6 nitrogen and oxygen atoms in total. The van der Waals surface area contributed by atoms with Crippen LogP contribution in [0.5, 0.6) is 0 Å². The number of nitrogens with one attached hydrogen (secondary N) is 1. The van der Waals surface area contributed by atoms with Crippen molar-refractivity contribution in [3.63, 3.8) is 0 Å². The second-order valence-electron chi connectivity index (χ2n) is 24.6. The minimum Gasteiger partial charge on any atom is -0.466 e. The minimum atomic E-state index is -0.663. The van der Waals surface area contributed by atoms with E-state index in [9.17, 15) is 19.8 Å². The standard InChI is InChI=1S/C73H139NO5/c1-3-5-7-9-11-13-15-16-17-18-36-39-42-46-49-53-57-61-65-71(76)70(69-75)74-72(77)66-62-58-54-50-47-43-40-37-34-32-30-28-26-24-22-20-19-21-23-25-27-29-31-33-35-38-41-44-48-52-56-60-64-68-79-73(78)67-63-59-55-51-45-14-12-10-8-6-4-2/h10,12,23,25,29,31,70-71,75-76H,3-9,11,13-22,24,26-28,30,32-69H2,1-2H3,(H,74,77)/b12-10-,25-23-,31-29-. The molecule has 0 saturated carbocycles. The lowest BCUT2D eigenvalue weighted by Gasteiger charge is -2.22. The average Bonchev–Trinajstić information content (AvgIpc) is 3.45. The molecule has 0 aliphatic rings. The Morgan fingerprint density at radius 2 is 0.646 bits per heavy atom. The number of allylic oxidation sites excluding steroid dienone is 6. The molecule has 0 radical (unpaired) electrons. The molecule has 0 saturated heterocycles. The number of ether oxygens (including phenoxy) is 1. The molecule has 0 bridgehead atoms. The molecule has 2 unspecified atom stereocenters. The first-order valence-electron chi connectivity index (χ1n) is 35.7. The van der Waals surface area contributed by atoms with Crippen molar-refractivity contribution < 1.29 is 24.5 Å². The van der Waals surface area contributed by atoms with Crippen LogP contribution in [-0.4, -0.2) is 47.4 Å². The fraction of sp³-hybridized carbons (Fsp3) is 0.890. The molecule has 6 heteroatoms. The molecule has 0 fully saturated rings. The molecule has 0 aromatic carbocycles. The third-order valence-electron chi connectivity index (χ3n) is 16.7. The maximum Gasteiger partial charge on any atom is 0.305 e. The zero-order valence-electron chi connectivity index (χ0n) is 53.4. The fourth-order valence-electron chi connectivity index (χ4n) is 11.2. The number of unbranched alkanes of at least 4 members (excludes halogenated alkanes) is 50. The SMILES string of the molecule is CCCC/C=C\CCCCCCCC(=O)OCCCCCCCCCCC/C=C\C/C=C\CCCCCCCCCCCCCCCCCCCC(=O)NC(CO)C(O)CCCCCCCCCCCCCCCCCCCC. The van der Waals surface area contributed by atoms with Crippen LogP contribution in [0.1, 0.15) is 393 Å². The van der Waals surface area contributed by atoms with Gasteiger partial charge in [0.05, 0.1) is 25.4 Å². The Morgan fingerprint density at radius 1 is 0.354 bits per heavy atom. The van der Waals surface area contributed by atoms with E-state index in [4.69, 9.17) is 4.74 Å². The smallest absolute Gasteiger partial charge is 0.305 e. The molecule has 3 N–H and O–H groups in total. The summed E-state index contributed by atoms with van der Waals surface area (Å²) in [7, 11) is 0. The molecule has 0 aromatic heterocycles. The summed E-state index contributed by atoms with van der Waals surface area (Å²) in [5.41, 5.74) is 0. The molecule has 0 aliphatic carbocycles. The van der Waals surface area contributed by atoms with Gasteiger partial charge < -0.3 is 20.3 Å². The van der Waals surface area contributed by atoms with E-state index in [-0.39, 0.29) is 18.5 Å². The Labute approximate surface area is 494 Å². The predicted molar refractivity (Wildman–Crippen MR) is 347 cm³/mol. The second kappa shape index (κ2) is 68.6. The second-order valence-corrected chi connectivity index (χ2v) is 24.6. The van der Waals surface area contributed by atoms with E-state index in [1.54, 1.807) is 0 Å². The molecule has 2 atom stereocenters. The topological polar surface area (TPSA) is 95.9 Å². The highest BCUT2D eigenvalue weighted by Crippen LogP contribution is 2.19. The van der Waals surface area contributed by atoms with Gasteiger partial charge in [-0.25, -0.2) is 0 Å². The summed E-state index contributed by atoms with van der Waals surface area (Å²) in [6.45, 7) is 4.94. The van der Waals surface area contributed by atoms with Gasteiger partial charge in [-0.2, -0.15) is 0 Å². The Balaban J connectivity index is 3.38. The lowest BCUT2D eigenvalue weighted by Crippen LogP contribution is -2.45.